The van der Waals surface area contributed by atoms with Crippen molar-refractivity contribution < 1.29 is 28.7 Å². The Morgan fingerprint density at radius 1 is 1.00 bits per heavy atom. The van der Waals surface area contributed by atoms with Crippen molar-refractivity contribution in [1.82, 2.24) is 15.3 Å². The summed E-state index contributed by atoms with van der Waals surface area (Å²) < 4.78 is 11.4. The van der Waals surface area contributed by atoms with Gasteiger partial charge in [0, 0.05) is 32.4 Å². The van der Waals surface area contributed by atoms with E-state index in [-0.39, 0.29) is 24.6 Å². The van der Waals surface area contributed by atoms with Crippen LogP contribution in [0.1, 0.15) is 36.8 Å². The fraction of sp³-hybridized carbons (Fsp3) is 0.393. The number of rotatable bonds is 9. The van der Waals surface area contributed by atoms with Gasteiger partial charge in [0.2, 0.25) is 6.41 Å². The maximum atomic E-state index is 13.2. The third-order valence-corrected chi connectivity index (χ3v) is 5.49. The van der Waals surface area contributed by atoms with E-state index in [2.05, 4.69) is 10.8 Å². The van der Waals surface area contributed by atoms with E-state index in [0.29, 0.717) is 12.1 Å². The number of anilines is 1. The summed E-state index contributed by atoms with van der Waals surface area (Å²) in [5.41, 5.74) is 5.48. The number of hydrogen-bond donors (Lipinski definition) is 2. The van der Waals surface area contributed by atoms with E-state index in [1.165, 1.54) is 26.0 Å². The molecule has 38 heavy (non-hydrogen) atoms. The molecule has 2 aromatic rings. The lowest BCUT2D eigenvalue weighted by Crippen LogP contribution is -2.43. The third-order valence-electron chi connectivity index (χ3n) is 5.49. The molecule has 0 bridgehead atoms. The molecule has 1 heterocycles. The normalized spacial score (nSPS) is 17.2. The highest BCUT2D eigenvalue weighted by Gasteiger charge is 2.30. The van der Waals surface area contributed by atoms with E-state index in [4.69, 9.17) is 14.3 Å². The molecule has 3 rings (SSSR count). The number of carbonyl (C=O) groups excluding carboxylic acids is 3. The standard InChI is InChI=1S/C26H32N4O6.C2H6/c1-17-11-12-21(18(2)13-17)27-23(30(5)16-31)22(25(33)29(3)4)24(32)28-36-20-14-34-26(35-15-20)19-9-7-6-8-10-19;1-2/h6-13,16,20,26-27H,14-15H2,1-5H3,(H,28,32);1-2H3/b23-22-;. The van der Waals surface area contributed by atoms with Crippen molar-refractivity contribution in [2.45, 2.75) is 40.1 Å². The molecule has 1 saturated heterocycles. The summed E-state index contributed by atoms with van der Waals surface area (Å²) in [5.74, 6) is -1.42. The number of hydroxylamine groups is 1. The van der Waals surface area contributed by atoms with Crippen molar-refractivity contribution >= 4 is 23.9 Å². The van der Waals surface area contributed by atoms with Gasteiger partial charge in [-0.25, -0.2) is 5.48 Å². The molecule has 0 aliphatic carbocycles. The SMILES string of the molecule is CC.Cc1ccc(N/C(=C(\C(=O)NOC2COC(c3ccccc3)OC2)C(=O)N(C)C)N(C)C=O)c(C)c1. The zero-order valence-corrected chi connectivity index (χ0v) is 23.1. The number of ether oxygens (including phenoxy) is 2. The molecule has 1 aliphatic rings. The Hall–Kier alpha value is -3.73. The van der Waals surface area contributed by atoms with Crippen LogP contribution < -0.4 is 10.8 Å². The first-order valence-corrected chi connectivity index (χ1v) is 12.4. The van der Waals surface area contributed by atoms with Crippen LogP contribution >= 0.6 is 0 Å². The lowest BCUT2D eigenvalue weighted by Gasteiger charge is -2.29. The van der Waals surface area contributed by atoms with Crippen LogP contribution in [0, 0.1) is 13.8 Å². The van der Waals surface area contributed by atoms with Crippen molar-refractivity contribution in [3.63, 3.8) is 0 Å². The fourth-order valence-electron chi connectivity index (χ4n) is 3.53. The van der Waals surface area contributed by atoms with Gasteiger partial charge >= 0.3 is 0 Å². The average molecular weight is 527 g/mol. The predicted octanol–water partition coefficient (Wildman–Crippen LogP) is 3.29. The van der Waals surface area contributed by atoms with Crippen LogP contribution in [0.25, 0.3) is 0 Å². The van der Waals surface area contributed by atoms with Crippen LogP contribution in [0.2, 0.25) is 0 Å². The largest absolute Gasteiger partial charge is 0.345 e. The van der Waals surface area contributed by atoms with E-state index in [1.54, 1.807) is 0 Å². The molecule has 0 spiro atoms. The number of carbonyl (C=O) groups is 3. The molecule has 0 atom stereocenters. The van der Waals surface area contributed by atoms with Crippen LogP contribution in [0.15, 0.2) is 59.9 Å². The van der Waals surface area contributed by atoms with E-state index in [9.17, 15) is 14.4 Å². The average Bonchev–Trinajstić information content (AvgIpc) is 2.94. The summed E-state index contributed by atoms with van der Waals surface area (Å²) in [6.45, 7) is 8.18. The smallest absolute Gasteiger partial charge is 0.284 e. The molecule has 1 fully saturated rings. The summed E-state index contributed by atoms with van der Waals surface area (Å²) >= 11 is 0. The Morgan fingerprint density at radius 2 is 1.63 bits per heavy atom. The molecule has 0 aromatic heterocycles. The number of aryl methyl sites for hydroxylation is 2. The van der Waals surface area contributed by atoms with Crippen molar-refractivity contribution in [3.8, 4) is 0 Å². The maximum absolute atomic E-state index is 13.2. The van der Waals surface area contributed by atoms with E-state index in [1.807, 2.05) is 76.2 Å². The molecule has 206 valence electrons. The van der Waals surface area contributed by atoms with Crippen LogP contribution in [-0.4, -0.2) is 68.5 Å². The third kappa shape index (κ3) is 8.14. The first kappa shape index (κ1) is 30.5. The number of likely N-dealkylation sites (N-methyl/N-ethyl adjacent to an activating group) is 1. The number of nitrogens with one attached hydrogen (secondary N) is 2. The van der Waals surface area contributed by atoms with Gasteiger partial charge in [-0.05, 0) is 25.5 Å². The summed E-state index contributed by atoms with van der Waals surface area (Å²) in [5, 5.41) is 3.06. The number of benzene rings is 2. The minimum absolute atomic E-state index is 0.0111. The molecule has 10 nitrogen and oxygen atoms in total. The first-order valence-electron chi connectivity index (χ1n) is 12.4. The number of nitrogens with zero attached hydrogens (tertiary/aromatic N) is 2. The second kappa shape index (κ2) is 14.9. The Bertz CT molecular complexity index is 1110. The fourth-order valence-corrected chi connectivity index (χ4v) is 3.53. The van der Waals surface area contributed by atoms with Gasteiger partial charge in [-0.1, -0.05) is 61.9 Å². The van der Waals surface area contributed by atoms with Crippen molar-refractivity contribution in [2.24, 2.45) is 0 Å². The molecule has 2 aromatic carbocycles. The number of hydrogen-bond acceptors (Lipinski definition) is 7. The molecule has 0 radical (unpaired) electrons. The first-order chi connectivity index (χ1) is 18.2. The van der Waals surface area contributed by atoms with Gasteiger partial charge in [0.1, 0.15) is 17.5 Å². The molecular formula is C28H38N4O6. The zero-order valence-electron chi connectivity index (χ0n) is 23.1. The Labute approximate surface area is 224 Å². The van der Waals surface area contributed by atoms with E-state index < -0.39 is 24.2 Å². The second-order valence-electron chi connectivity index (χ2n) is 8.66. The molecule has 10 heteroatoms. The van der Waals surface area contributed by atoms with Crippen molar-refractivity contribution in [2.75, 3.05) is 39.7 Å². The lowest BCUT2D eigenvalue weighted by molar-refractivity contribution is -0.240. The number of amides is 3. The van der Waals surface area contributed by atoms with Crippen LogP contribution in [0.3, 0.4) is 0 Å². The highest BCUT2D eigenvalue weighted by Crippen LogP contribution is 2.24. The summed E-state index contributed by atoms with van der Waals surface area (Å²) in [6.07, 6.45) is -0.610. The lowest BCUT2D eigenvalue weighted by atomic mass is 10.1. The Balaban J connectivity index is 0.00000247. The molecule has 1 aliphatic heterocycles. The van der Waals surface area contributed by atoms with Crippen molar-refractivity contribution in [1.29, 1.82) is 0 Å². The molecule has 0 unspecified atom stereocenters. The molecule has 3 amide bonds. The quantitative estimate of drug-likeness (QED) is 0.170. The predicted molar refractivity (Wildman–Crippen MR) is 145 cm³/mol. The highest BCUT2D eigenvalue weighted by molar-refractivity contribution is 6.19. The Morgan fingerprint density at radius 3 is 2.18 bits per heavy atom. The van der Waals surface area contributed by atoms with Crippen molar-refractivity contribution in [3.05, 3.63) is 76.6 Å². The summed E-state index contributed by atoms with van der Waals surface area (Å²) in [6, 6.07) is 15.1. The van der Waals surface area contributed by atoms with Crippen LogP contribution in [0.4, 0.5) is 5.69 Å². The van der Waals surface area contributed by atoms with E-state index >= 15 is 0 Å². The van der Waals surface area contributed by atoms with Gasteiger partial charge in [0.05, 0.1) is 13.2 Å². The van der Waals surface area contributed by atoms with E-state index in [0.717, 1.165) is 21.6 Å². The topological polar surface area (TPSA) is 109 Å². The summed E-state index contributed by atoms with van der Waals surface area (Å²) in [4.78, 5) is 45.8. The zero-order chi connectivity index (χ0) is 28.2. The monoisotopic (exact) mass is 526 g/mol. The van der Waals surface area contributed by atoms with Gasteiger partial charge in [-0.2, -0.15) is 0 Å². The van der Waals surface area contributed by atoms with Gasteiger partial charge in [-0.15, -0.1) is 0 Å². The summed E-state index contributed by atoms with van der Waals surface area (Å²) in [7, 11) is 4.47. The van der Waals surface area contributed by atoms with Gasteiger partial charge in [-0.3, -0.25) is 19.2 Å². The maximum Gasteiger partial charge on any atom is 0.284 e. The van der Waals surface area contributed by atoms with Crippen LogP contribution in [0.5, 0.6) is 0 Å². The second-order valence-corrected chi connectivity index (χ2v) is 8.66. The van der Waals surface area contributed by atoms with Crippen LogP contribution in [-0.2, 0) is 28.7 Å². The molecule has 2 N–H and O–H groups in total. The molecular weight excluding hydrogens is 488 g/mol. The minimum Gasteiger partial charge on any atom is -0.345 e. The van der Waals surface area contributed by atoms with Gasteiger partial charge in [0.15, 0.2) is 6.29 Å². The molecule has 0 saturated carbocycles. The Kier molecular flexibility index (Phi) is 11.9. The highest BCUT2D eigenvalue weighted by atomic mass is 16.7. The van der Waals surface area contributed by atoms with Gasteiger partial charge in [0.25, 0.3) is 11.8 Å². The van der Waals surface area contributed by atoms with Gasteiger partial charge < -0.3 is 24.6 Å². The minimum atomic E-state index is -0.820.